The molecule has 1 aliphatic rings. The molecule has 1 fully saturated rings. The first kappa shape index (κ1) is 36.4. The molecular formula is C34H54F3N7O. The highest BCUT2D eigenvalue weighted by molar-refractivity contribution is 5.76. The van der Waals surface area contributed by atoms with Crippen molar-refractivity contribution in [1.82, 2.24) is 19.8 Å². The number of carbonyl (C=O) groups excluding carboxylic acids is 1. The van der Waals surface area contributed by atoms with Gasteiger partial charge in [0.05, 0.1) is 0 Å². The van der Waals surface area contributed by atoms with E-state index in [1.54, 1.807) is 0 Å². The van der Waals surface area contributed by atoms with E-state index in [9.17, 15) is 18.0 Å². The number of amides is 1. The van der Waals surface area contributed by atoms with Crippen molar-refractivity contribution in [2.24, 2.45) is 5.92 Å². The Balaban J connectivity index is 1.74. The van der Waals surface area contributed by atoms with E-state index >= 15 is 0 Å². The molecule has 2 aromatic rings. The number of aryl methyl sites for hydroxylation is 1. The van der Waals surface area contributed by atoms with Crippen LogP contribution >= 0.6 is 0 Å². The highest BCUT2D eigenvalue weighted by Crippen LogP contribution is 2.35. The van der Waals surface area contributed by atoms with Gasteiger partial charge in [-0.15, -0.1) is 0 Å². The molecule has 3 rings (SSSR count). The first-order valence-corrected chi connectivity index (χ1v) is 16.8. The second kappa shape index (κ2) is 17.6. The van der Waals surface area contributed by atoms with Crippen LogP contribution in [0.25, 0.3) is 0 Å². The Morgan fingerprint density at radius 1 is 1.07 bits per heavy atom. The molecule has 45 heavy (non-hydrogen) atoms. The summed E-state index contributed by atoms with van der Waals surface area (Å²) in [4.78, 5) is 28.2. The minimum Gasteiger partial charge on any atom is -0.369 e. The number of carbonyl (C=O) groups is 1. The summed E-state index contributed by atoms with van der Waals surface area (Å²) in [6, 6.07) is 6.27. The number of anilines is 4. The molecule has 1 aromatic heterocycles. The van der Waals surface area contributed by atoms with Crippen molar-refractivity contribution >= 4 is 29.0 Å². The molecule has 2 N–H and O–H groups in total. The van der Waals surface area contributed by atoms with Gasteiger partial charge in [-0.2, -0.15) is 18.2 Å². The maximum Gasteiger partial charge on any atom is 0.421 e. The van der Waals surface area contributed by atoms with Crippen LogP contribution in [0.2, 0.25) is 0 Å². The van der Waals surface area contributed by atoms with E-state index in [0.717, 1.165) is 87.8 Å². The van der Waals surface area contributed by atoms with Crippen LogP contribution in [0.5, 0.6) is 0 Å². The number of aromatic nitrogens is 2. The maximum atomic E-state index is 13.9. The van der Waals surface area contributed by atoms with Gasteiger partial charge in [0.25, 0.3) is 0 Å². The van der Waals surface area contributed by atoms with Crippen LogP contribution in [0.4, 0.5) is 36.3 Å². The van der Waals surface area contributed by atoms with Crippen molar-refractivity contribution in [2.75, 3.05) is 61.8 Å². The van der Waals surface area contributed by atoms with Gasteiger partial charge in [0.1, 0.15) is 11.4 Å². The molecule has 1 aliphatic heterocycles. The Kier molecular flexibility index (Phi) is 14.2. The fourth-order valence-electron chi connectivity index (χ4n) is 5.81. The van der Waals surface area contributed by atoms with Crippen LogP contribution in [0.1, 0.15) is 90.7 Å². The molecule has 1 amide bonds. The summed E-state index contributed by atoms with van der Waals surface area (Å²) >= 11 is 0. The first-order valence-electron chi connectivity index (χ1n) is 16.8. The molecule has 0 bridgehead atoms. The Morgan fingerprint density at radius 3 is 2.36 bits per heavy atom. The van der Waals surface area contributed by atoms with E-state index in [0.29, 0.717) is 25.3 Å². The molecule has 11 heteroatoms. The van der Waals surface area contributed by atoms with E-state index in [1.165, 1.54) is 0 Å². The van der Waals surface area contributed by atoms with Crippen LogP contribution in [-0.4, -0.2) is 78.0 Å². The largest absolute Gasteiger partial charge is 0.421 e. The highest BCUT2D eigenvalue weighted by atomic mass is 19.4. The van der Waals surface area contributed by atoms with Crippen LogP contribution in [0.3, 0.4) is 0 Å². The predicted molar refractivity (Wildman–Crippen MR) is 178 cm³/mol. The lowest BCUT2D eigenvalue weighted by Gasteiger charge is -2.34. The molecule has 1 saturated heterocycles. The zero-order valence-electron chi connectivity index (χ0n) is 28.1. The number of hydrogen-bond donors (Lipinski definition) is 2. The SMILES string of the molecule is CCCC(CCC)N(CCCNc1nc(Nc2ccc(N3CCN(C)CC3)cc2CC)ncc1C(F)(F)F)C(=O)CC(C)CC. The van der Waals surface area contributed by atoms with E-state index in [1.807, 2.05) is 17.0 Å². The second-order valence-corrected chi connectivity index (χ2v) is 12.4. The van der Waals surface area contributed by atoms with Crippen molar-refractivity contribution in [1.29, 1.82) is 0 Å². The van der Waals surface area contributed by atoms with E-state index < -0.39 is 11.7 Å². The molecule has 0 spiro atoms. The van der Waals surface area contributed by atoms with Crippen molar-refractivity contribution in [3.8, 4) is 0 Å². The number of rotatable bonds is 17. The van der Waals surface area contributed by atoms with Crippen LogP contribution in [-0.2, 0) is 17.4 Å². The number of nitrogens with zero attached hydrogens (tertiary/aromatic N) is 5. The number of alkyl halides is 3. The third kappa shape index (κ3) is 10.8. The van der Waals surface area contributed by atoms with Gasteiger partial charge in [-0.3, -0.25) is 4.79 Å². The highest BCUT2D eigenvalue weighted by Gasteiger charge is 2.35. The van der Waals surface area contributed by atoms with Crippen LogP contribution < -0.4 is 15.5 Å². The average molecular weight is 634 g/mol. The third-order valence-corrected chi connectivity index (χ3v) is 8.77. The lowest BCUT2D eigenvalue weighted by molar-refractivity contribution is -0.137. The second-order valence-electron chi connectivity index (χ2n) is 12.4. The van der Waals surface area contributed by atoms with Gasteiger partial charge in [-0.25, -0.2) is 4.98 Å². The molecule has 1 aromatic carbocycles. The molecule has 0 radical (unpaired) electrons. The normalized spacial score (nSPS) is 14.9. The predicted octanol–water partition coefficient (Wildman–Crippen LogP) is 7.59. The molecule has 252 valence electrons. The fourth-order valence-corrected chi connectivity index (χ4v) is 5.81. The Morgan fingerprint density at radius 2 is 1.76 bits per heavy atom. The number of halogens is 3. The van der Waals surface area contributed by atoms with Gasteiger partial charge in [-0.05, 0) is 62.4 Å². The zero-order chi connectivity index (χ0) is 33.0. The summed E-state index contributed by atoms with van der Waals surface area (Å²) < 4.78 is 41.8. The van der Waals surface area contributed by atoms with Crippen molar-refractivity contribution in [3.05, 3.63) is 35.5 Å². The van der Waals surface area contributed by atoms with Crippen molar-refractivity contribution < 1.29 is 18.0 Å². The van der Waals surface area contributed by atoms with Gasteiger partial charge >= 0.3 is 6.18 Å². The molecule has 0 aliphatic carbocycles. The first-order chi connectivity index (χ1) is 21.5. The lowest BCUT2D eigenvalue weighted by Crippen LogP contribution is -2.44. The Hall–Kier alpha value is -3.08. The van der Waals surface area contributed by atoms with Crippen LogP contribution in [0, 0.1) is 5.92 Å². The standard InChI is InChI=1S/C34H54F3N7O/c1-7-12-27(13-8-2)44(31(45)22-25(5)9-3)17-11-16-38-32-29(34(35,36)37)24-39-33(41-32)40-30-15-14-28(23-26(30)10-4)43-20-18-42(6)19-21-43/h14-15,23-25,27H,7-13,16-22H2,1-6H3,(H2,38,39,40,41). The lowest BCUT2D eigenvalue weighted by atomic mass is 10.0. The van der Waals surface area contributed by atoms with Gasteiger partial charge in [0.2, 0.25) is 11.9 Å². The minimum absolute atomic E-state index is 0.101. The average Bonchev–Trinajstić information content (AvgIpc) is 3.01. The van der Waals surface area contributed by atoms with Gasteiger partial charge in [0.15, 0.2) is 0 Å². The summed E-state index contributed by atoms with van der Waals surface area (Å²) in [5.41, 5.74) is 2.04. The van der Waals surface area contributed by atoms with Gasteiger partial charge in [0, 0.05) is 69.3 Å². The van der Waals surface area contributed by atoms with Gasteiger partial charge < -0.3 is 25.3 Å². The zero-order valence-corrected chi connectivity index (χ0v) is 28.1. The van der Waals surface area contributed by atoms with E-state index in [4.69, 9.17) is 0 Å². The van der Waals surface area contributed by atoms with E-state index in [2.05, 4.69) is 78.1 Å². The van der Waals surface area contributed by atoms with Gasteiger partial charge in [-0.1, -0.05) is 53.9 Å². The topological polar surface area (TPSA) is 76.6 Å². The summed E-state index contributed by atoms with van der Waals surface area (Å²) in [6.45, 7) is 15.1. The van der Waals surface area contributed by atoms with E-state index in [-0.39, 0.29) is 30.3 Å². The molecular weight excluding hydrogens is 579 g/mol. The number of nitrogens with one attached hydrogen (secondary N) is 2. The van der Waals surface area contributed by atoms with Crippen LogP contribution in [0.15, 0.2) is 24.4 Å². The Labute approximate surface area is 268 Å². The molecule has 1 atom stereocenters. The number of benzene rings is 1. The summed E-state index contributed by atoms with van der Waals surface area (Å²) in [6.07, 6.45) is 2.69. The monoisotopic (exact) mass is 633 g/mol. The summed E-state index contributed by atoms with van der Waals surface area (Å²) in [5.74, 6) is 0.262. The fraction of sp³-hybridized carbons (Fsp3) is 0.676. The molecule has 2 heterocycles. The van der Waals surface area contributed by atoms with Crippen molar-refractivity contribution in [2.45, 2.75) is 98.2 Å². The number of piperazine rings is 1. The molecule has 1 unspecified atom stereocenters. The Bertz CT molecular complexity index is 1190. The van der Waals surface area contributed by atoms with Crippen molar-refractivity contribution in [3.63, 3.8) is 0 Å². The summed E-state index contributed by atoms with van der Waals surface area (Å²) in [5, 5.41) is 6.08. The number of hydrogen-bond acceptors (Lipinski definition) is 7. The molecule has 8 nitrogen and oxygen atoms in total. The number of likely N-dealkylation sites (N-methyl/N-ethyl adjacent to an activating group) is 1. The quantitative estimate of drug-likeness (QED) is 0.174. The third-order valence-electron chi connectivity index (χ3n) is 8.77. The summed E-state index contributed by atoms with van der Waals surface area (Å²) in [7, 11) is 2.12. The molecule has 0 saturated carbocycles. The minimum atomic E-state index is -4.61. The smallest absolute Gasteiger partial charge is 0.369 e. The maximum absolute atomic E-state index is 13.9.